The van der Waals surface area contributed by atoms with Crippen molar-refractivity contribution in [1.29, 1.82) is 0 Å². The molecule has 2 heterocycles. The number of aromatic nitrogens is 2. The second-order valence-corrected chi connectivity index (χ2v) is 5.54. The van der Waals surface area contributed by atoms with E-state index < -0.39 is 5.82 Å². The molecule has 1 N–H and O–H groups in total. The van der Waals surface area contributed by atoms with Crippen LogP contribution in [0.5, 0.6) is 0 Å². The van der Waals surface area contributed by atoms with E-state index >= 15 is 0 Å². The van der Waals surface area contributed by atoms with Gasteiger partial charge in [0.25, 0.3) is 5.91 Å². The Morgan fingerprint density at radius 3 is 2.95 bits per heavy atom. The molecule has 0 saturated carbocycles. The molecule has 2 aromatic rings. The predicted molar refractivity (Wildman–Crippen MR) is 81.5 cm³/mol. The molecule has 1 aromatic carbocycles. The van der Waals surface area contributed by atoms with Crippen molar-refractivity contribution in [1.82, 2.24) is 15.5 Å². The molecule has 114 valence electrons. The zero-order valence-electron chi connectivity index (χ0n) is 11.7. The van der Waals surface area contributed by atoms with E-state index in [0.29, 0.717) is 12.1 Å². The van der Waals surface area contributed by atoms with E-state index in [1.807, 2.05) is 0 Å². The minimum atomic E-state index is -0.431. The average molecular weight is 321 g/mol. The van der Waals surface area contributed by atoms with Crippen LogP contribution in [0.15, 0.2) is 36.7 Å². The van der Waals surface area contributed by atoms with Gasteiger partial charge in [0, 0.05) is 24.8 Å². The van der Waals surface area contributed by atoms with Crippen LogP contribution in [0.1, 0.15) is 16.8 Å². The fourth-order valence-corrected chi connectivity index (χ4v) is 2.66. The summed E-state index contributed by atoms with van der Waals surface area (Å²) in [6, 6.07) is 6.30. The summed E-state index contributed by atoms with van der Waals surface area (Å²) in [7, 11) is 0. The zero-order valence-corrected chi connectivity index (χ0v) is 12.4. The Labute approximate surface area is 132 Å². The number of rotatable bonds is 3. The van der Waals surface area contributed by atoms with Crippen molar-refractivity contribution in [2.24, 2.45) is 0 Å². The zero-order chi connectivity index (χ0) is 15.5. The van der Waals surface area contributed by atoms with Gasteiger partial charge in [-0.2, -0.15) is 10.2 Å². The molecular weight excluding hydrogens is 307 g/mol. The summed E-state index contributed by atoms with van der Waals surface area (Å²) in [6.45, 7) is 1.44. The Bertz CT molecular complexity index is 682. The van der Waals surface area contributed by atoms with Crippen LogP contribution in [0.25, 0.3) is 0 Å². The third kappa shape index (κ3) is 3.17. The molecule has 1 aliphatic heterocycles. The summed E-state index contributed by atoms with van der Waals surface area (Å²) in [6.07, 6.45) is 3.73. The second-order valence-electron chi connectivity index (χ2n) is 5.13. The number of carbonyl (C=O) groups is 1. The normalized spacial score (nSPS) is 17.5. The van der Waals surface area contributed by atoms with Crippen LogP contribution in [-0.4, -0.2) is 35.2 Å². The predicted octanol–water partition coefficient (Wildman–Crippen LogP) is 2.28. The van der Waals surface area contributed by atoms with Crippen molar-refractivity contribution in [3.8, 4) is 0 Å². The van der Waals surface area contributed by atoms with Crippen LogP contribution in [0, 0.1) is 5.82 Å². The van der Waals surface area contributed by atoms with Crippen LogP contribution in [0.4, 0.5) is 10.1 Å². The smallest absolute Gasteiger partial charge is 0.253 e. The van der Waals surface area contributed by atoms with Crippen molar-refractivity contribution < 1.29 is 9.18 Å². The van der Waals surface area contributed by atoms with Gasteiger partial charge in [0.15, 0.2) is 0 Å². The molecule has 1 fully saturated rings. The summed E-state index contributed by atoms with van der Waals surface area (Å²) < 4.78 is 13.2. The summed E-state index contributed by atoms with van der Waals surface area (Å²) in [5, 5.41) is 10.4. The molecule has 1 aliphatic rings. The monoisotopic (exact) mass is 320 g/mol. The number of benzene rings is 1. The van der Waals surface area contributed by atoms with Gasteiger partial charge in [-0.15, -0.1) is 0 Å². The lowest BCUT2D eigenvalue weighted by Gasteiger charge is -2.19. The maximum absolute atomic E-state index is 13.2. The number of hydrogen-bond acceptors (Lipinski definition) is 4. The molecule has 22 heavy (non-hydrogen) atoms. The minimum Gasteiger partial charge on any atom is -0.369 e. The molecule has 1 atom stereocenters. The lowest BCUT2D eigenvalue weighted by Crippen LogP contribution is -2.37. The Morgan fingerprint density at radius 1 is 1.36 bits per heavy atom. The third-order valence-electron chi connectivity index (χ3n) is 3.64. The molecule has 1 saturated heterocycles. The molecule has 0 bridgehead atoms. The SMILES string of the molecule is O=C(NC1CCN(c2ccc(F)c(Cl)c2)C1)c1ccnnc1. The van der Waals surface area contributed by atoms with Gasteiger partial charge in [0.05, 0.1) is 23.0 Å². The summed E-state index contributed by atoms with van der Waals surface area (Å²) in [5.74, 6) is -0.599. The van der Waals surface area contributed by atoms with Gasteiger partial charge in [-0.1, -0.05) is 11.6 Å². The number of nitrogens with one attached hydrogen (secondary N) is 1. The number of hydrogen-bond donors (Lipinski definition) is 1. The Hall–Kier alpha value is -2.21. The van der Waals surface area contributed by atoms with E-state index in [1.165, 1.54) is 18.5 Å². The summed E-state index contributed by atoms with van der Waals surface area (Å²) in [4.78, 5) is 14.1. The molecule has 0 aliphatic carbocycles. The first-order valence-corrected chi connectivity index (χ1v) is 7.29. The summed E-state index contributed by atoms with van der Waals surface area (Å²) >= 11 is 5.81. The fraction of sp³-hybridized carbons (Fsp3) is 0.267. The van der Waals surface area contributed by atoms with Gasteiger partial charge >= 0.3 is 0 Å². The van der Waals surface area contributed by atoms with E-state index in [0.717, 1.165) is 18.7 Å². The first-order chi connectivity index (χ1) is 10.6. The average Bonchev–Trinajstić information content (AvgIpc) is 2.99. The van der Waals surface area contributed by atoms with Crippen LogP contribution in [-0.2, 0) is 0 Å². The Morgan fingerprint density at radius 2 is 2.23 bits per heavy atom. The number of halogens is 2. The molecule has 1 unspecified atom stereocenters. The highest BCUT2D eigenvalue weighted by Crippen LogP contribution is 2.25. The van der Waals surface area contributed by atoms with Gasteiger partial charge in [-0.3, -0.25) is 4.79 Å². The molecule has 1 aromatic heterocycles. The van der Waals surface area contributed by atoms with E-state index in [2.05, 4.69) is 20.4 Å². The van der Waals surface area contributed by atoms with Gasteiger partial charge < -0.3 is 10.2 Å². The Kier molecular flexibility index (Phi) is 4.20. The van der Waals surface area contributed by atoms with Crippen molar-refractivity contribution in [2.45, 2.75) is 12.5 Å². The highest BCUT2D eigenvalue weighted by Gasteiger charge is 2.25. The molecule has 0 spiro atoms. The number of anilines is 1. The topological polar surface area (TPSA) is 58.1 Å². The molecule has 3 rings (SSSR count). The molecule has 7 heteroatoms. The minimum absolute atomic E-state index is 0.0319. The van der Waals surface area contributed by atoms with E-state index in [1.54, 1.807) is 18.2 Å². The Balaban J connectivity index is 1.62. The molecule has 5 nitrogen and oxygen atoms in total. The van der Waals surface area contributed by atoms with E-state index in [9.17, 15) is 9.18 Å². The van der Waals surface area contributed by atoms with Crippen LogP contribution in [0.3, 0.4) is 0 Å². The first-order valence-electron chi connectivity index (χ1n) is 6.91. The first kappa shape index (κ1) is 14.7. The largest absolute Gasteiger partial charge is 0.369 e. The van der Waals surface area contributed by atoms with E-state index in [-0.39, 0.29) is 17.0 Å². The standard InChI is InChI=1S/C15H14ClFN4O/c16-13-7-12(1-2-14(13)17)21-6-4-11(9-21)20-15(22)10-3-5-18-19-8-10/h1-3,5,7-8,11H,4,6,9H2,(H,20,22). The lowest BCUT2D eigenvalue weighted by molar-refractivity contribution is 0.0940. The summed E-state index contributed by atoms with van der Waals surface area (Å²) in [5.41, 5.74) is 1.34. The lowest BCUT2D eigenvalue weighted by atomic mass is 10.2. The fourth-order valence-electron chi connectivity index (χ4n) is 2.49. The maximum atomic E-state index is 13.2. The van der Waals surface area contributed by atoms with Gasteiger partial charge in [-0.25, -0.2) is 4.39 Å². The maximum Gasteiger partial charge on any atom is 0.253 e. The van der Waals surface area contributed by atoms with Crippen molar-refractivity contribution in [3.05, 3.63) is 53.1 Å². The molecule has 0 radical (unpaired) electrons. The van der Waals surface area contributed by atoms with Crippen LogP contribution < -0.4 is 10.2 Å². The van der Waals surface area contributed by atoms with Gasteiger partial charge in [-0.05, 0) is 30.7 Å². The number of amides is 1. The molecule has 1 amide bonds. The third-order valence-corrected chi connectivity index (χ3v) is 3.93. The van der Waals surface area contributed by atoms with Crippen molar-refractivity contribution >= 4 is 23.2 Å². The quantitative estimate of drug-likeness (QED) is 0.942. The highest BCUT2D eigenvalue weighted by atomic mass is 35.5. The van der Waals surface area contributed by atoms with Gasteiger partial charge in [0.2, 0.25) is 0 Å². The van der Waals surface area contributed by atoms with Crippen LogP contribution in [0.2, 0.25) is 5.02 Å². The molecular formula is C15H14ClFN4O. The number of nitrogens with zero attached hydrogens (tertiary/aromatic N) is 3. The van der Waals surface area contributed by atoms with Crippen LogP contribution >= 0.6 is 11.6 Å². The van der Waals surface area contributed by atoms with Crippen molar-refractivity contribution in [2.75, 3.05) is 18.0 Å². The van der Waals surface area contributed by atoms with Gasteiger partial charge in [0.1, 0.15) is 5.82 Å². The highest BCUT2D eigenvalue weighted by molar-refractivity contribution is 6.31. The number of carbonyl (C=O) groups excluding carboxylic acids is 1. The van der Waals surface area contributed by atoms with E-state index in [4.69, 9.17) is 11.6 Å². The van der Waals surface area contributed by atoms with Crippen molar-refractivity contribution in [3.63, 3.8) is 0 Å². The second kappa shape index (κ2) is 6.27.